The van der Waals surface area contributed by atoms with Crippen LogP contribution in [0.4, 0.5) is 5.82 Å². The average molecular weight is 309 g/mol. The fourth-order valence-electron chi connectivity index (χ4n) is 1.89. The lowest BCUT2D eigenvalue weighted by Crippen LogP contribution is -2.23. The summed E-state index contributed by atoms with van der Waals surface area (Å²) >= 11 is 1.24. The number of aromatic nitrogens is 4. The molecule has 0 saturated heterocycles. The molecule has 8 nitrogen and oxygen atoms in total. The zero-order valence-corrected chi connectivity index (χ0v) is 12.4. The van der Waals surface area contributed by atoms with Crippen molar-refractivity contribution in [2.45, 2.75) is 43.1 Å². The fraction of sp³-hybridized carbons (Fsp3) is 0.500. The molecule has 1 saturated carbocycles. The largest absolute Gasteiger partial charge is 0.360 e. The van der Waals surface area contributed by atoms with E-state index >= 15 is 0 Å². The molecule has 0 radical (unpaired) electrons. The third kappa shape index (κ3) is 3.02. The van der Waals surface area contributed by atoms with Crippen LogP contribution in [0.5, 0.6) is 0 Å². The zero-order valence-electron chi connectivity index (χ0n) is 11.6. The van der Waals surface area contributed by atoms with Gasteiger partial charge in [-0.2, -0.15) is 0 Å². The molecular formula is C12H15N5O3S. The number of aromatic amines is 1. The number of anilines is 1. The summed E-state index contributed by atoms with van der Waals surface area (Å²) in [4.78, 5) is 23.8. The van der Waals surface area contributed by atoms with Crippen LogP contribution >= 0.6 is 11.8 Å². The molecule has 3 rings (SSSR count). The van der Waals surface area contributed by atoms with E-state index in [9.17, 15) is 9.59 Å². The number of H-pyrrole nitrogens is 1. The van der Waals surface area contributed by atoms with Gasteiger partial charge in [0.25, 0.3) is 0 Å². The Morgan fingerprint density at radius 3 is 3.00 bits per heavy atom. The average Bonchev–Trinajstić information content (AvgIpc) is 3.09. The van der Waals surface area contributed by atoms with E-state index in [0.717, 1.165) is 12.8 Å². The summed E-state index contributed by atoms with van der Waals surface area (Å²) < 4.78 is 6.51. The van der Waals surface area contributed by atoms with Crippen molar-refractivity contribution in [2.75, 3.05) is 5.32 Å². The van der Waals surface area contributed by atoms with Crippen molar-refractivity contribution < 1.29 is 9.32 Å². The number of nitrogens with one attached hydrogen (secondary N) is 2. The minimum atomic E-state index is -0.408. The first kappa shape index (κ1) is 13.9. The second-order valence-corrected chi connectivity index (χ2v) is 6.29. The van der Waals surface area contributed by atoms with Gasteiger partial charge in [0.05, 0.1) is 5.25 Å². The second-order valence-electron chi connectivity index (χ2n) is 4.98. The molecule has 1 aliphatic carbocycles. The van der Waals surface area contributed by atoms with E-state index in [-0.39, 0.29) is 17.6 Å². The summed E-state index contributed by atoms with van der Waals surface area (Å²) in [6, 6.07) is 1.86. The first-order chi connectivity index (χ1) is 10.0. The van der Waals surface area contributed by atoms with Crippen molar-refractivity contribution in [3.05, 3.63) is 22.3 Å². The van der Waals surface area contributed by atoms with Gasteiger partial charge in [-0.15, -0.1) is 5.10 Å². The molecule has 1 atom stereocenters. The number of hydrogen-bond acceptors (Lipinski definition) is 6. The number of nitrogens with zero attached hydrogens (tertiary/aromatic N) is 3. The second kappa shape index (κ2) is 5.40. The third-order valence-corrected chi connectivity index (χ3v) is 4.18. The summed E-state index contributed by atoms with van der Waals surface area (Å²) in [6.45, 7) is 3.50. The summed E-state index contributed by atoms with van der Waals surface area (Å²) in [7, 11) is 0. The van der Waals surface area contributed by atoms with E-state index in [0.29, 0.717) is 16.7 Å². The summed E-state index contributed by atoms with van der Waals surface area (Å²) in [6.07, 6.45) is 1.96. The lowest BCUT2D eigenvalue weighted by molar-refractivity contribution is -0.115. The van der Waals surface area contributed by atoms with Gasteiger partial charge in [-0.3, -0.25) is 9.36 Å². The molecule has 2 heterocycles. The Morgan fingerprint density at radius 2 is 2.38 bits per heavy atom. The Balaban J connectivity index is 1.67. The van der Waals surface area contributed by atoms with Gasteiger partial charge in [-0.1, -0.05) is 16.9 Å². The first-order valence-corrected chi connectivity index (χ1v) is 7.50. The molecular weight excluding hydrogens is 294 g/mol. The van der Waals surface area contributed by atoms with Gasteiger partial charge in [-0.25, -0.2) is 9.89 Å². The maximum absolute atomic E-state index is 12.1. The topological polar surface area (TPSA) is 106 Å². The SMILES string of the molecule is Cc1cc(NC(=O)[C@H](C)Sc2n[nH]c(=O)n2C2CC2)no1. The van der Waals surface area contributed by atoms with Crippen LogP contribution < -0.4 is 11.0 Å². The predicted molar refractivity (Wildman–Crippen MR) is 76.3 cm³/mol. The minimum absolute atomic E-state index is 0.215. The molecule has 112 valence electrons. The molecule has 1 aliphatic rings. The normalized spacial score (nSPS) is 15.9. The van der Waals surface area contributed by atoms with Crippen molar-refractivity contribution in [1.82, 2.24) is 19.9 Å². The van der Waals surface area contributed by atoms with Gasteiger partial charge >= 0.3 is 5.69 Å². The zero-order chi connectivity index (χ0) is 15.0. The van der Waals surface area contributed by atoms with Gasteiger partial charge in [-0.05, 0) is 26.7 Å². The third-order valence-electron chi connectivity index (χ3n) is 3.11. The highest BCUT2D eigenvalue weighted by molar-refractivity contribution is 8.00. The van der Waals surface area contributed by atoms with E-state index in [1.807, 2.05) is 0 Å². The molecule has 1 amide bonds. The molecule has 21 heavy (non-hydrogen) atoms. The van der Waals surface area contributed by atoms with Crippen LogP contribution in [0.3, 0.4) is 0 Å². The molecule has 0 aromatic carbocycles. The number of amides is 1. The van der Waals surface area contributed by atoms with E-state index < -0.39 is 5.25 Å². The number of rotatable bonds is 5. The minimum Gasteiger partial charge on any atom is -0.360 e. The van der Waals surface area contributed by atoms with Crippen LogP contribution in [0.1, 0.15) is 31.6 Å². The molecule has 2 aromatic rings. The Labute approximate surface area is 124 Å². The fourth-order valence-corrected chi connectivity index (χ4v) is 2.82. The number of carbonyl (C=O) groups excluding carboxylic acids is 1. The van der Waals surface area contributed by atoms with E-state index in [4.69, 9.17) is 4.52 Å². The maximum Gasteiger partial charge on any atom is 0.344 e. The van der Waals surface area contributed by atoms with Crippen LogP contribution in [0, 0.1) is 6.92 Å². The summed E-state index contributed by atoms with van der Waals surface area (Å²) in [5.41, 5.74) is -0.222. The van der Waals surface area contributed by atoms with Gasteiger partial charge in [0.2, 0.25) is 5.91 Å². The Kier molecular flexibility index (Phi) is 3.58. The number of hydrogen-bond donors (Lipinski definition) is 2. The van der Waals surface area contributed by atoms with Crippen molar-refractivity contribution in [3.8, 4) is 0 Å². The molecule has 2 aromatic heterocycles. The molecule has 9 heteroatoms. The monoisotopic (exact) mass is 309 g/mol. The maximum atomic E-state index is 12.1. The molecule has 0 unspecified atom stereocenters. The number of aryl methyl sites for hydroxylation is 1. The van der Waals surface area contributed by atoms with E-state index in [2.05, 4.69) is 20.7 Å². The molecule has 0 aliphatic heterocycles. The van der Waals surface area contributed by atoms with Gasteiger partial charge < -0.3 is 9.84 Å². The van der Waals surface area contributed by atoms with Crippen LogP contribution in [0.2, 0.25) is 0 Å². The van der Waals surface area contributed by atoms with Crippen molar-refractivity contribution in [3.63, 3.8) is 0 Å². The number of carbonyl (C=O) groups is 1. The van der Waals surface area contributed by atoms with Crippen molar-refractivity contribution in [1.29, 1.82) is 0 Å². The van der Waals surface area contributed by atoms with Gasteiger partial charge in [0.1, 0.15) is 5.76 Å². The predicted octanol–water partition coefficient (Wildman–Crippen LogP) is 1.32. The van der Waals surface area contributed by atoms with E-state index in [1.165, 1.54) is 11.8 Å². The molecule has 1 fully saturated rings. The van der Waals surface area contributed by atoms with Crippen LogP contribution in [-0.4, -0.2) is 31.1 Å². The lowest BCUT2D eigenvalue weighted by Gasteiger charge is -2.10. The highest BCUT2D eigenvalue weighted by atomic mass is 32.2. The standard InChI is InChI=1S/C12H15N5O3S/c1-6-5-9(16-20-6)13-10(18)7(2)21-12-15-14-11(19)17(12)8-3-4-8/h5,7-8H,3-4H2,1-2H3,(H,14,19)(H,13,16,18)/t7-/m0/s1. The van der Waals surface area contributed by atoms with Crippen LogP contribution in [0.25, 0.3) is 0 Å². The summed E-state index contributed by atoms with van der Waals surface area (Å²) in [5.74, 6) is 0.790. The molecule has 0 spiro atoms. The number of thioether (sulfide) groups is 1. The van der Waals surface area contributed by atoms with Crippen molar-refractivity contribution in [2.24, 2.45) is 0 Å². The Hall–Kier alpha value is -2.03. The van der Waals surface area contributed by atoms with Gasteiger partial charge in [0, 0.05) is 12.1 Å². The highest BCUT2D eigenvalue weighted by Crippen LogP contribution is 2.36. The quantitative estimate of drug-likeness (QED) is 0.807. The van der Waals surface area contributed by atoms with Crippen LogP contribution in [-0.2, 0) is 4.79 Å². The smallest absolute Gasteiger partial charge is 0.344 e. The first-order valence-electron chi connectivity index (χ1n) is 6.62. The Bertz CT molecular complexity index is 715. The molecule has 2 N–H and O–H groups in total. The Morgan fingerprint density at radius 1 is 1.62 bits per heavy atom. The lowest BCUT2D eigenvalue weighted by atomic mass is 10.4. The molecule has 0 bridgehead atoms. The van der Waals surface area contributed by atoms with Crippen LogP contribution in [0.15, 0.2) is 20.5 Å². The van der Waals surface area contributed by atoms with Crippen molar-refractivity contribution >= 4 is 23.5 Å². The highest BCUT2D eigenvalue weighted by Gasteiger charge is 2.30. The van der Waals surface area contributed by atoms with E-state index in [1.54, 1.807) is 24.5 Å². The summed E-state index contributed by atoms with van der Waals surface area (Å²) in [5, 5.41) is 12.9. The van der Waals surface area contributed by atoms with Gasteiger partial charge in [0.15, 0.2) is 11.0 Å².